The molecular weight excluding hydrogens is 192 g/mol. The lowest BCUT2D eigenvalue weighted by atomic mass is 10.2. The van der Waals surface area contributed by atoms with Crippen molar-refractivity contribution in [2.24, 2.45) is 0 Å². The van der Waals surface area contributed by atoms with E-state index in [1.54, 1.807) is 0 Å². The molecule has 1 unspecified atom stereocenters. The summed E-state index contributed by atoms with van der Waals surface area (Å²) in [4.78, 5) is 15.4. The van der Waals surface area contributed by atoms with E-state index in [9.17, 15) is 4.79 Å². The standard InChI is InChI=1S/C11H24N2O2/c1-10(9-11(14)15-5)13(4)8-6-7-12(2)3/h10H,6-9H2,1-5H3. The summed E-state index contributed by atoms with van der Waals surface area (Å²) < 4.78 is 4.64. The fraction of sp³-hybridized carbons (Fsp3) is 0.909. The number of carbonyl (C=O) groups excluding carboxylic acids is 1. The molecule has 0 spiro atoms. The summed E-state index contributed by atoms with van der Waals surface area (Å²) in [6.07, 6.45) is 1.59. The van der Waals surface area contributed by atoms with Crippen LogP contribution in [0.25, 0.3) is 0 Å². The minimum atomic E-state index is -0.137. The molecule has 0 aromatic rings. The highest BCUT2D eigenvalue weighted by atomic mass is 16.5. The van der Waals surface area contributed by atoms with E-state index in [0.717, 1.165) is 19.5 Å². The Balaban J connectivity index is 3.68. The van der Waals surface area contributed by atoms with Crippen LogP contribution < -0.4 is 0 Å². The first-order chi connectivity index (χ1) is 6.97. The summed E-state index contributed by atoms with van der Waals surface area (Å²) in [5.41, 5.74) is 0. The molecule has 0 saturated heterocycles. The van der Waals surface area contributed by atoms with Gasteiger partial charge in [0.2, 0.25) is 0 Å². The summed E-state index contributed by atoms with van der Waals surface area (Å²) in [5.74, 6) is -0.137. The molecule has 1 atom stereocenters. The van der Waals surface area contributed by atoms with Crippen molar-refractivity contribution >= 4 is 5.97 Å². The summed E-state index contributed by atoms with van der Waals surface area (Å²) in [7, 11) is 7.61. The molecule has 0 aliphatic heterocycles. The molecule has 0 saturated carbocycles. The molecule has 90 valence electrons. The molecule has 0 aliphatic rings. The molecule has 4 nitrogen and oxygen atoms in total. The van der Waals surface area contributed by atoms with Crippen LogP contribution in [0.2, 0.25) is 0 Å². The Hall–Kier alpha value is -0.610. The number of hydrogen-bond donors (Lipinski definition) is 0. The van der Waals surface area contributed by atoms with Crippen molar-refractivity contribution in [1.82, 2.24) is 9.80 Å². The van der Waals surface area contributed by atoms with Gasteiger partial charge in [-0.15, -0.1) is 0 Å². The number of ether oxygens (including phenoxy) is 1. The first-order valence-corrected chi connectivity index (χ1v) is 5.39. The van der Waals surface area contributed by atoms with Gasteiger partial charge < -0.3 is 14.5 Å². The minimum Gasteiger partial charge on any atom is -0.469 e. The van der Waals surface area contributed by atoms with Crippen molar-refractivity contribution < 1.29 is 9.53 Å². The number of esters is 1. The largest absolute Gasteiger partial charge is 0.469 e. The Morgan fingerprint density at radius 1 is 1.27 bits per heavy atom. The molecule has 0 aromatic carbocycles. The third-order valence-corrected chi connectivity index (χ3v) is 2.56. The van der Waals surface area contributed by atoms with Crippen LogP contribution >= 0.6 is 0 Å². The normalized spacial score (nSPS) is 13.3. The molecule has 0 rings (SSSR count). The molecule has 0 N–H and O–H groups in total. The molecule has 0 bridgehead atoms. The lowest BCUT2D eigenvalue weighted by molar-refractivity contribution is -0.141. The molecular formula is C11H24N2O2. The molecule has 0 fully saturated rings. The van der Waals surface area contributed by atoms with Gasteiger partial charge in [0.1, 0.15) is 0 Å². The quantitative estimate of drug-likeness (QED) is 0.590. The summed E-state index contributed by atoms with van der Waals surface area (Å²) >= 11 is 0. The van der Waals surface area contributed by atoms with E-state index in [4.69, 9.17) is 0 Å². The molecule has 0 heterocycles. The molecule has 0 radical (unpaired) electrons. The Morgan fingerprint density at radius 3 is 2.33 bits per heavy atom. The molecule has 0 amide bonds. The van der Waals surface area contributed by atoms with Gasteiger partial charge in [-0.2, -0.15) is 0 Å². The summed E-state index contributed by atoms with van der Waals surface area (Å²) in [6.45, 7) is 4.14. The second kappa shape index (κ2) is 7.65. The van der Waals surface area contributed by atoms with Gasteiger partial charge in [-0.1, -0.05) is 0 Å². The van der Waals surface area contributed by atoms with Crippen molar-refractivity contribution in [3.63, 3.8) is 0 Å². The predicted octanol–water partition coefficient (Wildman–Crippen LogP) is 0.822. The van der Waals surface area contributed by atoms with Crippen LogP contribution in [0.3, 0.4) is 0 Å². The van der Waals surface area contributed by atoms with E-state index in [0.29, 0.717) is 6.42 Å². The van der Waals surface area contributed by atoms with Crippen LogP contribution in [0.1, 0.15) is 19.8 Å². The number of rotatable bonds is 7. The maximum absolute atomic E-state index is 11.1. The van der Waals surface area contributed by atoms with Gasteiger partial charge in [0, 0.05) is 6.04 Å². The third kappa shape index (κ3) is 7.33. The highest BCUT2D eigenvalue weighted by molar-refractivity contribution is 5.69. The second-order valence-corrected chi connectivity index (χ2v) is 4.27. The van der Waals surface area contributed by atoms with Gasteiger partial charge >= 0.3 is 5.97 Å². The van der Waals surface area contributed by atoms with Crippen LogP contribution in [0, 0.1) is 0 Å². The number of nitrogens with zero attached hydrogens (tertiary/aromatic N) is 2. The fourth-order valence-corrected chi connectivity index (χ4v) is 1.34. The summed E-state index contributed by atoms with van der Waals surface area (Å²) in [6, 6.07) is 0.250. The van der Waals surface area contributed by atoms with Crippen molar-refractivity contribution in [2.45, 2.75) is 25.8 Å². The van der Waals surface area contributed by atoms with E-state index in [2.05, 4.69) is 28.6 Å². The Morgan fingerprint density at radius 2 is 1.87 bits per heavy atom. The highest BCUT2D eigenvalue weighted by Gasteiger charge is 2.13. The Kier molecular flexibility index (Phi) is 7.34. The Labute approximate surface area is 93.2 Å². The highest BCUT2D eigenvalue weighted by Crippen LogP contribution is 2.03. The monoisotopic (exact) mass is 216 g/mol. The zero-order valence-corrected chi connectivity index (χ0v) is 10.6. The first-order valence-electron chi connectivity index (χ1n) is 5.39. The van der Waals surface area contributed by atoms with Crippen LogP contribution in [0.15, 0.2) is 0 Å². The minimum absolute atomic E-state index is 0.137. The average Bonchev–Trinajstić information content (AvgIpc) is 2.16. The van der Waals surface area contributed by atoms with E-state index in [1.165, 1.54) is 7.11 Å². The molecule has 15 heavy (non-hydrogen) atoms. The smallest absolute Gasteiger partial charge is 0.307 e. The van der Waals surface area contributed by atoms with E-state index < -0.39 is 0 Å². The van der Waals surface area contributed by atoms with Crippen LogP contribution in [-0.2, 0) is 9.53 Å². The topological polar surface area (TPSA) is 32.8 Å². The van der Waals surface area contributed by atoms with E-state index in [-0.39, 0.29) is 12.0 Å². The van der Waals surface area contributed by atoms with Crippen molar-refractivity contribution in [3.05, 3.63) is 0 Å². The SMILES string of the molecule is COC(=O)CC(C)N(C)CCCN(C)C. The van der Waals surface area contributed by atoms with Gasteiger partial charge in [-0.3, -0.25) is 4.79 Å². The van der Waals surface area contributed by atoms with Crippen molar-refractivity contribution in [2.75, 3.05) is 41.3 Å². The van der Waals surface area contributed by atoms with Gasteiger partial charge in [-0.05, 0) is 47.6 Å². The maximum Gasteiger partial charge on any atom is 0.307 e. The summed E-state index contributed by atoms with van der Waals surface area (Å²) in [5, 5.41) is 0. The second-order valence-electron chi connectivity index (χ2n) is 4.27. The zero-order valence-electron chi connectivity index (χ0n) is 10.6. The Bertz CT molecular complexity index is 183. The van der Waals surface area contributed by atoms with Gasteiger partial charge in [-0.25, -0.2) is 0 Å². The van der Waals surface area contributed by atoms with Crippen LogP contribution in [-0.4, -0.2) is 63.2 Å². The van der Waals surface area contributed by atoms with Gasteiger partial charge in [0.25, 0.3) is 0 Å². The number of carbonyl (C=O) groups is 1. The zero-order chi connectivity index (χ0) is 11.8. The van der Waals surface area contributed by atoms with Crippen molar-refractivity contribution in [1.29, 1.82) is 0 Å². The predicted molar refractivity (Wildman–Crippen MR) is 61.9 cm³/mol. The van der Waals surface area contributed by atoms with E-state index in [1.807, 2.05) is 14.0 Å². The third-order valence-electron chi connectivity index (χ3n) is 2.56. The van der Waals surface area contributed by atoms with Crippen LogP contribution in [0.4, 0.5) is 0 Å². The average molecular weight is 216 g/mol. The molecule has 0 aromatic heterocycles. The number of methoxy groups -OCH3 is 1. The fourth-order valence-electron chi connectivity index (χ4n) is 1.34. The number of hydrogen-bond acceptors (Lipinski definition) is 4. The van der Waals surface area contributed by atoms with Gasteiger partial charge in [0.15, 0.2) is 0 Å². The van der Waals surface area contributed by atoms with E-state index >= 15 is 0 Å². The van der Waals surface area contributed by atoms with Gasteiger partial charge in [0.05, 0.1) is 13.5 Å². The van der Waals surface area contributed by atoms with Crippen molar-refractivity contribution in [3.8, 4) is 0 Å². The molecule has 4 heteroatoms. The molecule has 0 aliphatic carbocycles. The lowest BCUT2D eigenvalue weighted by Gasteiger charge is -2.24. The lowest BCUT2D eigenvalue weighted by Crippen LogP contribution is -2.33. The first kappa shape index (κ1) is 14.4. The maximum atomic E-state index is 11.1. The van der Waals surface area contributed by atoms with Crippen LogP contribution in [0.5, 0.6) is 0 Å².